The van der Waals surface area contributed by atoms with Gasteiger partial charge in [0.25, 0.3) is 5.91 Å². The minimum absolute atomic E-state index is 0.152. The van der Waals surface area contributed by atoms with Crippen LogP contribution in [0.2, 0.25) is 5.02 Å². The molecule has 1 N–H and O–H groups in total. The van der Waals surface area contributed by atoms with E-state index < -0.39 is 0 Å². The monoisotopic (exact) mass is 234 g/mol. The molecular formula is C10H7ClN4O. The van der Waals surface area contributed by atoms with E-state index in [4.69, 9.17) is 11.6 Å². The lowest BCUT2D eigenvalue weighted by atomic mass is 10.1. The van der Waals surface area contributed by atoms with Crippen LogP contribution in [0.25, 0.3) is 0 Å². The van der Waals surface area contributed by atoms with Gasteiger partial charge < -0.3 is 4.90 Å². The van der Waals surface area contributed by atoms with Gasteiger partial charge in [0.15, 0.2) is 5.84 Å². The van der Waals surface area contributed by atoms with Gasteiger partial charge in [0.2, 0.25) is 0 Å². The van der Waals surface area contributed by atoms with E-state index in [0.717, 1.165) is 11.3 Å². The summed E-state index contributed by atoms with van der Waals surface area (Å²) in [4.78, 5) is 17.1. The van der Waals surface area contributed by atoms with Gasteiger partial charge in [-0.15, -0.1) is 0 Å². The number of carbonyl (C=O) groups is 1. The first-order chi connectivity index (χ1) is 7.74. The molecule has 0 atom stereocenters. The Morgan fingerprint density at radius 3 is 3.19 bits per heavy atom. The summed E-state index contributed by atoms with van der Waals surface area (Å²) in [6.07, 6.45) is 1.60. The number of nitrogens with zero attached hydrogens (tertiary/aromatic N) is 3. The van der Waals surface area contributed by atoms with Gasteiger partial charge in [-0.25, -0.2) is 10.4 Å². The summed E-state index contributed by atoms with van der Waals surface area (Å²) in [5, 5.41) is 4.63. The highest BCUT2D eigenvalue weighted by atomic mass is 35.5. The quantitative estimate of drug-likeness (QED) is 0.731. The Hall–Kier alpha value is -1.88. The van der Waals surface area contributed by atoms with Gasteiger partial charge >= 0.3 is 0 Å². The van der Waals surface area contributed by atoms with Crippen molar-refractivity contribution in [2.75, 3.05) is 6.54 Å². The van der Waals surface area contributed by atoms with Gasteiger partial charge in [-0.05, 0) is 18.2 Å². The Bertz CT molecular complexity index is 538. The molecule has 2 aliphatic heterocycles. The van der Waals surface area contributed by atoms with Crippen LogP contribution in [0, 0.1) is 0 Å². The molecule has 0 spiro atoms. The molecule has 5 nitrogen and oxygen atoms in total. The number of carbonyl (C=O) groups excluding carboxylic acids is 1. The molecule has 80 valence electrons. The van der Waals surface area contributed by atoms with Gasteiger partial charge in [-0.3, -0.25) is 4.79 Å². The van der Waals surface area contributed by atoms with E-state index >= 15 is 0 Å². The normalized spacial score (nSPS) is 17.4. The van der Waals surface area contributed by atoms with Crippen molar-refractivity contribution in [3.63, 3.8) is 0 Å². The van der Waals surface area contributed by atoms with E-state index in [1.165, 1.54) is 0 Å². The first-order valence-corrected chi connectivity index (χ1v) is 5.09. The fraction of sp³-hybridized carbons (Fsp3) is 0.100. The largest absolute Gasteiger partial charge is 0.306 e. The second-order valence-electron chi connectivity index (χ2n) is 3.50. The Morgan fingerprint density at radius 1 is 1.44 bits per heavy atom. The first kappa shape index (κ1) is 9.35. The van der Waals surface area contributed by atoms with Crippen LogP contribution < -0.4 is 5.43 Å². The van der Waals surface area contributed by atoms with E-state index in [2.05, 4.69) is 15.5 Å². The van der Waals surface area contributed by atoms with Gasteiger partial charge in [0.05, 0.1) is 12.0 Å². The highest BCUT2D eigenvalue weighted by molar-refractivity contribution is 6.31. The minimum atomic E-state index is -0.152. The van der Waals surface area contributed by atoms with Gasteiger partial charge in [-0.2, -0.15) is 5.10 Å². The molecule has 0 aromatic heterocycles. The summed E-state index contributed by atoms with van der Waals surface area (Å²) in [7, 11) is 0. The number of benzene rings is 1. The van der Waals surface area contributed by atoms with Crippen LogP contribution in [0.15, 0.2) is 28.3 Å². The first-order valence-electron chi connectivity index (χ1n) is 4.71. The van der Waals surface area contributed by atoms with E-state index in [0.29, 0.717) is 10.9 Å². The summed E-state index contributed by atoms with van der Waals surface area (Å²) < 4.78 is 0. The van der Waals surface area contributed by atoms with E-state index in [1.807, 2.05) is 6.07 Å². The number of hydrogen-bond acceptors (Lipinski definition) is 4. The Labute approximate surface area is 96.4 Å². The number of amidine groups is 1. The minimum Gasteiger partial charge on any atom is -0.306 e. The summed E-state index contributed by atoms with van der Waals surface area (Å²) >= 11 is 5.92. The van der Waals surface area contributed by atoms with Crippen molar-refractivity contribution in [2.45, 2.75) is 0 Å². The lowest BCUT2D eigenvalue weighted by molar-refractivity contribution is -0.121. The molecule has 0 bridgehead atoms. The predicted molar refractivity (Wildman–Crippen MR) is 61.0 cm³/mol. The highest BCUT2D eigenvalue weighted by Crippen LogP contribution is 2.27. The Morgan fingerprint density at radius 2 is 2.31 bits per heavy atom. The maximum absolute atomic E-state index is 11.1. The number of fused-ring (bicyclic) bond motifs is 3. The Kier molecular flexibility index (Phi) is 1.94. The SMILES string of the molecule is O=C1CN2C=Nc3ccc(Cl)cc3C2=NN1. The van der Waals surface area contributed by atoms with Crippen molar-refractivity contribution >= 4 is 35.4 Å². The van der Waals surface area contributed by atoms with E-state index in [9.17, 15) is 4.79 Å². The molecule has 1 amide bonds. The van der Waals surface area contributed by atoms with Crippen LogP contribution in [0.5, 0.6) is 0 Å². The predicted octanol–water partition coefficient (Wildman–Crippen LogP) is 1.11. The lowest BCUT2D eigenvalue weighted by Gasteiger charge is -2.28. The Balaban J connectivity index is 2.16. The van der Waals surface area contributed by atoms with Gasteiger partial charge in [-0.1, -0.05) is 11.6 Å². The topological polar surface area (TPSA) is 57.1 Å². The number of amides is 1. The van der Waals surface area contributed by atoms with Crippen molar-refractivity contribution < 1.29 is 4.79 Å². The summed E-state index contributed by atoms with van der Waals surface area (Å²) in [5.74, 6) is 0.521. The average molecular weight is 235 g/mol. The zero-order chi connectivity index (χ0) is 11.1. The second-order valence-corrected chi connectivity index (χ2v) is 3.94. The number of aliphatic imine (C=N–C) groups is 1. The molecule has 6 heteroatoms. The third-order valence-corrected chi connectivity index (χ3v) is 2.64. The van der Waals surface area contributed by atoms with Crippen molar-refractivity contribution in [3.05, 3.63) is 28.8 Å². The van der Waals surface area contributed by atoms with Crippen LogP contribution in [0.1, 0.15) is 5.56 Å². The molecule has 2 heterocycles. The standard InChI is InChI=1S/C10H7ClN4O/c11-6-1-2-8-7(3-6)10-14-13-9(16)4-15(10)5-12-8/h1-3,5H,4H2,(H,13,16). The number of halogens is 1. The third kappa shape index (κ3) is 1.37. The average Bonchev–Trinajstić information content (AvgIpc) is 2.28. The summed E-state index contributed by atoms with van der Waals surface area (Å²) in [6, 6.07) is 5.39. The molecule has 0 unspecified atom stereocenters. The fourth-order valence-electron chi connectivity index (χ4n) is 1.69. The third-order valence-electron chi connectivity index (χ3n) is 2.41. The zero-order valence-electron chi connectivity index (χ0n) is 8.14. The molecule has 0 aliphatic carbocycles. The molecule has 2 aliphatic rings. The highest BCUT2D eigenvalue weighted by Gasteiger charge is 2.25. The molecule has 3 rings (SSSR count). The lowest BCUT2D eigenvalue weighted by Crippen LogP contribution is -2.46. The number of nitrogens with one attached hydrogen (secondary N) is 1. The van der Waals surface area contributed by atoms with E-state index in [1.54, 1.807) is 23.4 Å². The number of rotatable bonds is 0. The summed E-state index contributed by atoms with van der Waals surface area (Å²) in [6.45, 7) is 0.230. The maximum atomic E-state index is 11.1. The van der Waals surface area contributed by atoms with Crippen LogP contribution in [-0.4, -0.2) is 29.5 Å². The molecular weight excluding hydrogens is 228 g/mol. The molecule has 1 aromatic rings. The maximum Gasteiger partial charge on any atom is 0.260 e. The van der Waals surface area contributed by atoms with Crippen molar-refractivity contribution in [2.24, 2.45) is 10.1 Å². The van der Waals surface area contributed by atoms with Crippen molar-refractivity contribution in [3.8, 4) is 0 Å². The molecule has 0 radical (unpaired) electrons. The number of hydrogen-bond donors (Lipinski definition) is 1. The number of hydrazone groups is 1. The van der Waals surface area contributed by atoms with Crippen LogP contribution in [0.3, 0.4) is 0 Å². The molecule has 0 saturated carbocycles. The molecule has 1 aromatic carbocycles. The van der Waals surface area contributed by atoms with Crippen molar-refractivity contribution in [1.29, 1.82) is 0 Å². The smallest absolute Gasteiger partial charge is 0.260 e. The van der Waals surface area contributed by atoms with Crippen molar-refractivity contribution in [1.82, 2.24) is 10.3 Å². The summed E-state index contributed by atoms with van der Waals surface area (Å²) in [5.41, 5.74) is 4.07. The molecule has 16 heavy (non-hydrogen) atoms. The molecule has 0 fully saturated rings. The van der Waals surface area contributed by atoms with Gasteiger partial charge in [0.1, 0.15) is 6.54 Å². The fourth-order valence-corrected chi connectivity index (χ4v) is 1.86. The van der Waals surface area contributed by atoms with Crippen LogP contribution in [-0.2, 0) is 4.79 Å². The van der Waals surface area contributed by atoms with Crippen LogP contribution in [0.4, 0.5) is 5.69 Å². The van der Waals surface area contributed by atoms with Gasteiger partial charge in [0, 0.05) is 10.6 Å². The second kappa shape index (κ2) is 3.31. The molecule has 0 saturated heterocycles. The van der Waals surface area contributed by atoms with E-state index in [-0.39, 0.29) is 12.5 Å². The zero-order valence-corrected chi connectivity index (χ0v) is 8.90. The van der Waals surface area contributed by atoms with Crippen LogP contribution >= 0.6 is 11.6 Å².